The highest BCUT2D eigenvalue weighted by Crippen LogP contribution is 2.12. The molecular weight excluding hydrogens is 304 g/mol. The van der Waals surface area contributed by atoms with E-state index in [4.69, 9.17) is 5.73 Å². The van der Waals surface area contributed by atoms with E-state index >= 15 is 0 Å². The lowest BCUT2D eigenvalue weighted by molar-refractivity contribution is -0.115. The van der Waals surface area contributed by atoms with Crippen LogP contribution in [-0.4, -0.2) is 21.6 Å². The van der Waals surface area contributed by atoms with Gasteiger partial charge in [-0.2, -0.15) is 5.10 Å². The van der Waals surface area contributed by atoms with E-state index in [1.54, 1.807) is 35.1 Å². The summed E-state index contributed by atoms with van der Waals surface area (Å²) in [6.07, 6.45) is 3.83. The van der Waals surface area contributed by atoms with Crippen LogP contribution in [0.3, 0.4) is 0 Å². The predicted octanol–water partition coefficient (Wildman–Crippen LogP) is 2.15. The van der Waals surface area contributed by atoms with Crippen LogP contribution in [0.2, 0.25) is 0 Å². The van der Waals surface area contributed by atoms with Crippen molar-refractivity contribution < 1.29 is 9.59 Å². The molecular formula is C18H16N4O2. The molecule has 6 nitrogen and oxygen atoms in total. The summed E-state index contributed by atoms with van der Waals surface area (Å²) in [5, 5.41) is 6.95. The van der Waals surface area contributed by atoms with Crippen molar-refractivity contribution in [1.29, 1.82) is 0 Å². The lowest BCUT2D eigenvalue weighted by Gasteiger charge is -2.07. The first-order valence-electron chi connectivity index (χ1n) is 7.40. The standard InChI is InChI=1S/C18H16N4O2/c19-18(24)14-4-6-15(7-5-14)21-17(23)12-13-2-8-16(9-3-13)22-11-1-10-20-22/h1-11H,12H2,(H2,19,24)(H,21,23). The number of nitrogens with zero attached hydrogens (tertiary/aromatic N) is 2. The van der Waals surface area contributed by atoms with E-state index in [1.807, 2.05) is 36.5 Å². The summed E-state index contributed by atoms with van der Waals surface area (Å²) in [6, 6.07) is 15.9. The first-order valence-corrected chi connectivity index (χ1v) is 7.40. The van der Waals surface area contributed by atoms with Crippen LogP contribution < -0.4 is 11.1 Å². The third-order valence-corrected chi connectivity index (χ3v) is 3.52. The fraction of sp³-hybridized carbons (Fsp3) is 0.0556. The number of nitrogens with one attached hydrogen (secondary N) is 1. The first kappa shape index (κ1) is 15.5. The van der Waals surface area contributed by atoms with Gasteiger partial charge in [0.25, 0.3) is 0 Å². The molecule has 0 aliphatic carbocycles. The molecule has 120 valence electrons. The van der Waals surface area contributed by atoms with Crippen LogP contribution in [0.5, 0.6) is 0 Å². The third-order valence-electron chi connectivity index (χ3n) is 3.52. The van der Waals surface area contributed by atoms with E-state index in [1.165, 1.54) is 0 Å². The number of anilines is 1. The molecule has 0 unspecified atom stereocenters. The molecule has 0 bridgehead atoms. The molecule has 3 N–H and O–H groups in total. The number of nitrogens with two attached hydrogens (primary N) is 1. The van der Waals surface area contributed by atoms with Crippen LogP contribution >= 0.6 is 0 Å². The van der Waals surface area contributed by atoms with Gasteiger partial charge < -0.3 is 11.1 Å². The minimum Gasteiger partial charge on any atom is -0.366 e. The fourth-order valence-electron chi connectivity index (χ4n) is 2.30. The number of benzene rings is 2. The molecule has 1 aromatic heterocycles. The number of primary amides is 1. The second-order valence-electron chi connectivity index (χ2n) is 5.28. The molecule has 0 spiro atoms. The summed E-state index contributed by atoms with van der Waals surface area (Å²) in [7, 11) is 0. The van der Waals surface area contributed by atoms with Crippen LogP contribution in [0.4, 0.5) is 5.69 Å². The smallest absolute Gasteiger partial charge is 0.248 e. The molecule has 3 rings (SSSR count). The SMILES string of the molecule is NC(=O)c1ccc(NC(=O)Cc2ccc(-n3cccn3)cc2)cc1. The molecule has 24 heavy (non-hydrogen) atoms. The van der Waals surface area contributed by atoms with Crippen LogP contribution in [0.1, 0.15) is 15.9 Å². The monoisotopic (exact) mass is 320 g/mol. The second-order valence-corrected chi connectivity index (χ2v) is 5.28. The Morgan fingerprint density at radius 1 is 1.04 bits per heavy atom. The van der Waals surface area contributed by atoms with Gasteiger partial charge in [0, 0.05) is 23.6 Å². The van der Waals surface area contributed by atoms with Gasteiger partial charge in [0.15, 0.2) is 0 Å². The highest BCUT2D eigenvalue weighted by atomic mass is 16.2. The van der Waals surface area contributed by atoms with Gasteiger partial charge in [0.05, 0.1) is 12.1 Å². The molecule has 0 saturated carbocycles. The van der Waals surface area contributed by atoms with Crippen LogP contribution in [0, 0.1) is 0 Å². The normalized spacial score (nSPS) is 10.3. The van der Waals surface area contributed by atoms with Crippen LogP contribution in [0.25, 0.3) is 5.69 Å². The largest absolute Gasteiger partial charge is 0.366 e. The molecule has 0 aliphatic heterocycles. The molecule has 2 amide bonds. The minimum absolute atomic E-state index is 0.131. The van der Waals surface area contributed by atoms with Gasteiger partial charge in [0.2, 0.25) is 11.8 Å². The Kier molecular flexibility index (Phi) is 4.38. The molecule has 0 fully saturated rings. The maximum absolute atomic E-state index is 12.1. The number of carbonyl (C=O) groups excluding carboxylic acids is 2. The summed E-state index contributed by atoms with van der Waals surface area (Å²) in [4.78, 5) is 23.1. The number of rotatable bonds is 5. The lowest BCUT2D eigenvalue weighted by Crippen LogP contribution is -2.15. The highest BCUT2D eigenvalue weighted by molar-refractivity contribution is 5.95. The van der Waals surface area contributed by atoms with Crippen LogP contribution in [0.15, 0.2) is 67.0 Å². The van der Waals surface area contributed by atoms with Gasteiger partial charge in [-0.15, -0.1) is 0 Å². The van der Waals surface area contributed by atoms with Crippen LogP contribution in [-0.2, 0) is 11.2 Å². The average Bonchev–Trinajstić information content (AvgIpc) is 3.10. The van der Waals surface area contributed by atoms with Gasteiger partial charge in [-0.1, -0.05) is 12.1 Å². The number of amides is 2. The van der Waals surface area contributed by atoms with Gasteiger partial charge >= 0.3 is 0 Å². The summed E-state index contributed by atoms with van der Waals surface area (Å²) in [5.74, 6) is -0.626. The van der Waals surface area contributed by atoms with E-state index in [0.29, 0.717) is 11.3 Å². The summed E-state index contributed by atoms with van der Waals surface area (Å²) in [5.41, 5.74) is 8.05. The van der Waals surface area contributed by atoms with Gasteiger partial charge in [0.1, 0.15) is 0 Å². The molecule has 0 saturated heterocycles. The highest BCUT2D eigenvalue weighted by Gasteiger charge is 2.06. The minimum atomic E-state index is -0.495. The number of hydrogen-bond donors (Lipinski definition) is 2. The quantitative estimate of drug-likeness (QED) is 0.755. The lowest BCUT2D eigenvalue weighted by atomic mass is 10.1. The van der Waals surface area contributed by atoms with Crippen molar-refractivity contribution in [2.45, 2.75) is 6.42 Å². The molecule has 6 heteroatoms. The van der Waals surface area contributed by atoms with E-state index in [0.717, 1.165) is 11.3 Å². The van der Waals surface area contributed by atoms with Crippen molar-refractivity contribution in [3.63, 3.8) is 0 Å². The van der Waals surface area contributed by atoms with Gasteiger partial charge in [-0.3, -0.25) is 9.59 Å². The zero-order valence-corrected chi connectivity index (χ0v) is 12.8. The molecule has 3 aromatic rings. The van der Waals surface area contributed by atoms with Gasteiger partial charge in [-0.25, -0.2) is 4.68 Å². The summed E-state index contributed by atoms with van der Waals surface area (Å²) >= 11 is 0. The molecule has 0 atom stereocenters. The topological polar surface area (TPSA) is 90.0 Å². The van der Waals surface area contributed by atoms with Crippen molar-refractivity contribution in [3.05, 3.63) is 78.1 Å². The molecule has 1 heterocycles. The van der Waals surface area contributed by atoms with Crippen molar-refractivity contribution in [1.82, 2.24) is 9.78 Å². The fourth-order valence-corrected chi connectivity index (χ4v) is 2.30. The Morgan fingerprint density at radius 3 is 2.33 bits per heavy atom. The number of aromatic nitrogens is 2. The Labute approximate surface area is 138 Å². The Balaban J connectivity index is 1.61. The van der Waals surface area contributed by atoms with Gasteiger partial charge in [-0.05, 0) is 48.0 Å². The second kappa shape index (κ2) is 6.78. The number of carbonyl (C=O) groups is 2. The zero-order chi connectivity index (χ0) is 16.9. The Morgan fingerprint density at radius 2 is 1.75 bits per heavy atom. The van der Waals surface area contributed by atoms with E-state index in [-0.39, 0.29) is 12.3 Å². The van der Waals surface area contributed by atoms with Crippen molar-refractivity contribution in [2.24, 2.45) is 5.73 Å². The zero-order valence-electron chi connectivity index (χ0n) is 12.8. The maximum atomic E-state index is 12.1. The molecule has 0 radical (unpaired) electrons. The van der Waals surface area contributed by atoms with E-state index in [2.05, 4.69) is 10.4 Å². The Hall–Kier alpha value is -3.41. The maximum Gasteiger partial charge on any atom is 0.248 e. The van der Waals surface area contributed by atoms with Crippen molar-refractivity contribution >= 4 is 17.5 Å². The predicted molar refractivity (Wildman–Crippen MR) is 90.9 cm³/mol. The van der Waals surface area contributed by atoms with Crippen molar-refractivity contribution in [3.8, 4) is 5.69 Å². The third kappa shape index (κ3) is 3.67. The molecule has 2 aromatic carbocycles. The Bertz CT molecular complexity index is 838. The van der Waals surface area contributed by atoms with E-state index in [9.17, 15) is 9.59 Å². The summed E-state index contributed by atoms with van der Waals surface area (Å²) < 4.78 is 1.75. The number of hydrogen-bond acceptors (Lipinski definition) is 3. The van der Waals surface area contributed by atoms with Crippen molar-refractivity contribution in [2.75, 3.05) is 5.32 Å². The molecule has 0 aliphatic rings. The average molecular weight is 320 g/mol. The summed E-state index contributed by atoms with van der Waals surface area (Å²) in [6.45, 7) is 0. The van der Waals surface area contributed by atoms with E-state index < -0.39 is 5.91 Å². The first-order chi connectivity index (χ1) is 11.6.